The second-order valence-electron chi connectivity index (χ2n) is 5.38. The van der Waals surface area contributed by atoms with Crippen LogP contribution in [0.4, 0.5) is 0 Å². The van der Waals surface area contributed by atoms with Gasteiger partial charge in [0.05, 0.1) is 5.01 Å². The van der Waals surface area contributed by atoms with Gasteiger partial charge >= 0.3 is 0 Å². The predicted molar refractivity (Wildman–Crippen MR) is 75.8 cm³/mol. The van der Waals surface area contributed by atoms with Crippen LogP contribution in [0.2, 0.25) is 0 Å². The highest BCUT2D eigenvalue weighted by Gasteiger charge is 2.12. The van der Waals surface area contributed by atoms with Crippen molar-refractivity contribution in [3.05, 3.63) is 28.3 Å². The smallest absolute Gasteiger partial charge is 0.153 e. The van der Waals surface area contributed by atoms with Crippen molar-refractivity contribution >= 4 is 11.3 Å². The van der Waals surface area contributed by atoms with Gasteiger partial charge in [0.2, 0.25) is 0 Å². The molecule has 2 N–H and O–H groups in total. The van der Waals surface area contributed by atoms with Gasteiger partial charge in [-0.25, -0.2) is 4.98 Å². The minimum atomic E-state index is -0.0851. The quantitative estimate of drug-likeness (QED) is 0.894. The third kappa shape index (κ3) is 3.68. The van der Waals surface area contributed by atoms with E-state index in [2.05, 4.69) is 24.2 Å². The molecule has 2 aromatic heterocycles. The number of thiazole rings is 1. The van der Waals surface area contributed by atoms with Gasteiger partial charge in [0.25, 0.3) is 0 Å². The zero-order chi connectivity index (χ0) is 13.2. The molecule has 0 radical (unpaired) electrons. The summed E-state index contributed by atoms with van der Waals surface area (Å²) in [5, 5.41) is 3.21. The first-order valence-electron chi connectivity index (χ1n) is 6.24. The third-order valence-electron chi connectivity index (χ3n) is 2.76. The van der Waals surface area contributed by atoms with E-state index in [-0.39, 0.29) is 5.54 Å². The van der Waals surface area contributed by atoms with Gasteiger partial charge in [0.1, 0.15) is 11.5 Å². The van der Waals surface area contributed by atoms with E-state index in [9.17, 15) is 0 Å². The Bertz CT molecular complexity index is 508. The first kappa shape index (κ1) is 13.3. The Morgan fingerprint density at radius 1 is 1.39 bits per heavy atom. The molecule has 0 amide bonds. The van der Waals surface area contributed by atoms with E-state index in [1.54, 1.807) is 11.3 Å². The summed E-state index contributed by atoms with van der Waals surface area (Å²) in [6, 6.07) is 3.93. The molecule has 0 saturated carbocycles. The lowest BCUT2D eigenvalue weighted by Gasteiger charge is -2.17. The molecule has 0 aliphatic rings. The van der Waals surface area contributed by atoms with Gasteiger partial charge in [0, 0.05) is 10.9 Å². The molecule has 0 aliphatic heterocycles. The highest BCUT2D eigenvalue weighted by molar-refractivity contribution is 7.09. The SMILES string of the molecule is Cc1ccc(-c2csc(CCCC(C)(C)N)n2)o1. The number of rotatable bonds is 5. The average Bonchev–Trinajstić information content (AvgIpc) is 2.85. The summed E-state index contributed by atoms with van der Waals surface area (Å²) in [4.78, 5) is 4.60. The third-order valence-corrected chi connectivity index (χ3v) is 3.66. The van der Waals surface area contributed by atoms with Crippen LogP contribution >= 0.6 is 11.3 Å². The Labute approximate surface area is 112 Å². The molecular weight excluding hydrogens is 244 g/mol. The highest BCUT2D eigenvalue weighted by atomic mass is 32.1. The zero-order valence-corrected chi connectivity index (χ0v) is 12.0. The lowest BCUT2D eigenvalue weighted by molar-refractivity contribution is 0.459. The van der Waals surface area contributed by atoms with Crippen LogP contribution < -0.4 is 5.73 Å². The van der Waals surface area contributed by atoms with Crippen LogP contribution in [0, 0.1) is 6.92 Å². The van der Waals surface area contributed by atoms with Gasteiger partial charge in [0.15, 0.2) is 5.76 Å². The first-order valence-corrected chi connectivity index (χ1v) is 7.12. The van der Waals surface area contributed by atoms with Crippen LogP contribution in [-0.4, -0.2) is 10.5 Å². The fourth-order valence-electron chi connectivity index (χ4n) is 1.81. The maximum absolute atomic E-state index is 5.97. The number of nitrogens with zero attached hydrogens (tertiary/aromatic N) is 1. The zero-order valence-electron chi connectivity index (χ0n) is 11.2. The molecular formula is C14H20N2OS. The van der Waals surface area contributed by atoms with Crippen LogP contribution in [0.5, 0.6) is 0 Å². The minimum Gasteiger partial charge on any atom is -0.460 e. The Balaban J connectivity index is 1.94. The Morgan fingerprint density at radius 3 is 2.78 bits per heavy atom. The largest absolute Gasteiger partial charge is 0.460 e. The average molecular weight is 264 g/mol. The first-order chi connectivity index (χ1) is 8.44. The summed E-state index contributed by atoms with van der Waals surface area (Å²) < 4.78 is 5.57. The summed E-state index contributed by atoms with van der Waals surface area (Å²) in [6.07, 6.45) is 3.08. The van der Waals surface area contributed by atoms with Gasteiger partial charge in [-0.1, -0.05) is 0 Å². The van der Waals surface area contributed by atoms with Gasteiger partial charge in [-0.05, 0) is 52.2 Å². The molecule has 0 spiro atoms. The van der Waals surface area contributed by atoms with Crippen LogP contribution in [-0.2, 0) is 6.42 Å². The summed E-state index contributed by atoms with van der Waals surface area (Å²) in [7, 11) is 0. The van der Waals surface area contributed by atoms with Crippen molar-refractivity contribution in [2.24, 2.45) is 5.73 Å². The fourth-order valence-corrected chi connectivity index (χ4v) is 2.64. The molecule has 18 heavy (non-hydrogen) atoms. The monoisotopic (exact) mass is 264 g/mol. The molecule has 0 aromatic carbocycles. The van der Waals surface area contributed by atoms with Crippen LogP contribution in [0.1, 0.15) is 37.5 Å². The van der Waals surface area contributed by atoms with Crippen molar-refractivity contribution in [2.75, 3.05) is 0 Å². The van der Waals surface area contributed by atoms with E-state index >= 15 is 0 Å². The summed E-state index contributed by atoms with van der Waals surface area (Å²) >= 11 is 1.69. The molecule has 0 bridgehead atoms. The highest BCUT2D eigenvalue weighted by Crippen LogP contribution is 2.25. The molecule has 2 rings (SSSR count). The second-order valence-corrected chi connectivity index (χ2v) is 6.32. The molecule has 0 atom stereocenters. The number of aryl methyl sites for hydroxylation is 2. The minimum absolute atomic E-state index is 0.0851. The normalized spacial score (nSPS) is 12.0. The molecule has 0 fully saturated rings. The topological polar surface area (TPSA) is 52.0 Å². The lowest BCUT2D eigenvalue weighted by atomic mass is 9.99. The van der Waals surface area contributed by atoms with E-state index < -0.39 is 0 Å². The van der Waals surface area contributed by atoms with Gasteiger partial charge < -0.3 is 10.2 Å². The summed E-state index contributed by atoms with van der Waals surface area (Å²) in [5.74, 6) is 1.78. The van der Waals surface area contributed by atoms with Gasteiger partial charge in [-0.3, -0.25) is 0 Å². The number of furan rings is 1. The lowest BCUT2D eigenvalue weighted by Crippen LogP contribution is -2.31. The van der Waals surface area contributed by atoms with Gasteiger partial charge in [-0.2, -0.15) is 0 Å². The molecule has 98 valence electrons. The van der Waals surface area contributed by atoms with Crippen LogP contribution in [0.25, 0.3) is 11.5 Å². The number of hydrogen-bond donors (Lipinski definition) is 1. The molecule has 3 nitrogen and oxygen atoms in total. The van der Waals surface area contributed by atoms with Gasteiger partial charge in [-0.15, -0.1) is 11.3 Å². The van der Waals surface area contributed by atoms with Crippen LogP contribution in [0.15, 0.2) is 21.9 Å². The molecule has 2 heterocycles. The molecule has 0 unspecified atom stereocenters. The summed E-state index contributed by atoms with van der Waals surface area (Å²) in [6.45, 7) is 6.07. The Morgan fingerprint density at radius 2 is 2.17 bits per heavy atom. The fraction of sp³-hybridized carbons (Fsp3) is 0.500. The van der Waals surface area contributed by atoms with E-state index in [1.165, 1.54) is 0 Å². The Kier molecular flexibility index (Phi) is 3.88. The van der Waals surface area contributed by atoms with Crippen molar-refractivity contribution in [3.63, 3.8) is 0 Å². The van der Waals surface area contributed by atoms with Crippen molar-refractivity contribution in [2.45, 2.75) is 45.6 Å². The van der Waals surface area contributed by atoms with Crippen molar-refractivity contribution in [1.82, 2.24) is 4.98 Å². The second kappa shape index (κ2) is 5.24. The van der Waals surface area contributed by atoms with E-state index in [0.29, 0.717) is 0 Å². The standard InChI is InChI=1S/C14H20N2OS/c1-10-6-7-12(17-10)11-9-18-13(16-11)5-4-8-14(2,3)15/h6-7,9H,4-5,8,15H2,1-3H3. The Hall–Kier alpha value is -1.13. The maximum Gasteiger partial charge on any atom is 0.153 e. The van der Waals surface area contributed by atoms with E-state index in [4.69, 9.17) is 10.2 Å². The van der Waals surface area contributed by atoms with Crippen molar-refractivity contribution in [1.29, 1.82) is 0 Å². The van der Waals surface area contributed by atoms with E-state index in [1.807, 2.05) is 19.1 Å². The van der Waals surface area contributed by atoms with E-state index in [0.717, 1.165) is 41.5 Å². The molecule has 0 saturated heterocycles. The van der Waals surface area contributed by atoms with Crippen molar-refractivity contribution < 1.29 is 4.42 Å². The number of hydrogen-bond acceptors (Lipinski definition) is 4. The number of aromatic nitrogens is 1. The number of nitrogens with two attached hydrogens (primary N) is 1. The molecule has 0 aliphatic carbocycles. The maximum atomic E-state index is 5.97. The molecule has 4 heteroatoms. The van der Waals surface area contributed by atoms with Crippen LogP contribution in [0.3, 0.4) is 0 Å². The predicted octanol–water partition coefficient (Wildman–Crippen LogP) is 3.77. The summed E-state index contributed by atoms with van der Waals surface area (Å²) in [5.41, 5.74) is 6.82. The molecule has 2 aromatic rings. The van der Waals surface area contributed by atoms with Crippen molar-refractivity contribution in [3.8, 4) is 11.5 Å².